The molecule has 0 unspecified atom stereocenters. The van der Waals surface area contributed by atoms with Gasteiger partial charge in [0.15, 0.2) is 0 Å². The molecular formula is C11H18O4. The summed E-state index contributed by atoms with van der Waals surface area (Å²) >= 11 is 0. The summed E-state index contributed by atoms with van der Waals surface area (Å²) in [6.45, 7) is 7.15. The summed E-state index contributed by atoms with van der Waals surface area (Å²) in [6, 6.07) is 0. The van der Waals surface area contributed by atoms with Crippen molar-refractivity contribution in [3.63, 3.8) is 0 Å². The molecule has 0 amide bonds. The van der Waals surface area contributed by atoms with E-state index in [2.05, 4.69) is 4.74 Å². The number of ketones is 2. The first kappa shape index (κ1) is 13.8. The Morgan fingerprint density at radius 2 is 1.60 bits per heavy atom. The van der Waals surface area contributed by atoms with Crippen LogP contribution in [0.5, 0.6) is 0 Å². The Morgan fingerprint density at radius 3 is 2.00 bits per heavy atom. The fourth-order valence-electron chi connectivity index (χ4n) is 0.916. The van der Waals surface area contributed by atoms with Crippen molar-refractivity contribution < 1.29 is 19.1 Å². The van der Waals surface area contributed by atoms with Gasteiger partial charge in [0.2, 0.25) is 5.78 Å². The van der Waals surface area contributed by atoms with Gasteiger partial charge in [0, 0.05) is 18.3 Å². The maximum Gasteiger partial charge on any atom is 0.374 e. The average molecular weight is 214 g/mol. The molecule has 86 valence electrons. The molecule has 0 aromatic rings. The predicted molar refractivity (Wildman–Crippen MR) is 55.3 cm³/mol. The summed E-state index contributed by atoms with van der Waals surface area (Å²) in [7, 11) is 0. The third-order valence-corrected chi connectivity index (χ3v) is 1.92. The Kier molecular flexibility index (Phi) is 5.19. The summed E-state index contributed by atoms with van der Waals surface area (Å²) in [4.78, 5) is 33.5. The van der Waals surface area contributed by atoms with Crippen molar-refractivity contribution in [1.82, 2.24) is 0 Å². The van der Waals surface area contributed by atoms with Crippen molar-refractivity contribution in [1.29, 1.82) is 0 Å². The van der Waals surface area contributed by atoms with E-state index in [4.69, 9.17) is 0 Å². The van der Waals surface area contributed by atoms with Gasteiger partial charge in [-0.15, -0.1) is 0 Å². The van der Waals surface area contributed by atoms with Crippen molar-refractivity contribution in [3.05, 3.63) is 0 Å². The minimum absolute atomic E-state index is 0.0276. The lowest BCUT2D eigenvalue weighted by Crippen LogP contribution is -2.23. The fraction of sp³-hybridized carbons (Fsp3) is 0.727. The zero-order chi connectivity index (χ0) is 12.1. The van der Waals surface area contributed by atoms with Crippen LogP contribution in [-0.2, 0) is 19.1 Å². The van der Waals surface area contributed by atoms with Gasteiger partial charge in [0.1, 0.15) is 5.78 Å². The maximum absolute atomic E-state index is 11.4. The summed E-state index contributed by atoms with van der Waals surface area (Å²) in [5.74, 6) is -1.51. The first-order chi connectivity index (χ1) is 6.79. The molecular weight excluding hydrogens is 196 g/mol. The normalized spacial score (nSPS) is 10.9. The third-order valence-electron chi connectivity index (χ3n) is 1.92. The van der Waals surface area contributed by atoms with E-state index in [0.717, 1.165) is 0 Å². The highest BCUT2D eigenvalue weighted by molar-refractivity contribution is 6.33. The lowest BCUT2D eigenvalue weighted by atomic mass is 9.88. The molecule has 4 heteroatoms. The number of carbonyl (C=O) groups is 3. The molecule has 0 atom stereocenters. The van der Waals surface area contributed by atoms with Gasteiger partial charge in [-0.3, -0.25) is 9.59 Å². The Morgan fingerprint density at radius 1 is 1.07 bits per heavy atom. The van der Waals surface area contributed by atoms with Gasteiger partial charge in [-0.1, -0.05) is 20.8 Å². The minimum Gasteiger partial charge on any atom is -0.460 e. The largest absolute Gasteiger partial charge is 0.460 e. The van der Waals surface area contributed by atoms with Gasteiger partial charge in [0.25, 0.3) is 0 Å². The molecule has 0 N–H and O–H groups in total. The van der Waals surface area contributed by atoms with Crippen LogP contribution in [0, 0.1) is 5.41 Å². The Balaban J connectivity index is 4.02. The van der Waals surface area contributed by atoms with Crippen molar-refractivity contribution in [2.75, 3.05) is 6.61 Å². The molecule has 0 saturated carbocycles. The van der Waals surface area contributed by atoms with Gasteiger partial charge in [0.05, 0.1) is 6.61 Å². The number of ether oxygens (including phenoxy) is 1. The first-order valence-electron chi connectivity index (χ1n) is 5.02. The van der Waals surface area contributed by atoms with Crippen LogP contribution in [-0.4, -0.2) is 24.1 Å². The molecule has 0 aliphatic heterocycles. The molecule has 0 spiro atoms. The number of carbonyl (C=O) groups excluding carboxylic acids is 3. The smallest absolute Gasteiger partial charge is 0.374 e. The number of hydrogen-bond acceptors (Lipinski definition) is 4. The summed E-state index contributed by atoms with van der Waals surface area (Å²) in [5, 5.41) is 0. The van der Waals surface area contributed by atoms with Gasteiger partial charge < -0.3 is 4.74 Å². The second-order valence-electron chi connectivity index (χ2n) is 4.32. The van der Waals surface area contributed by atoms with Crippen LogP contribution in [0.25, 0.3) is 0 Å². The van der Waals surface area contributed by atoms with Crippen molar-refractivity contribution in [2.24, 2.45) is 5.41 Å². The zero-order valence-electron chi connectivity index (χ0n) is 9.75. The van der Waals surface area contributed by atoms with Crippen LogP contribution in [0.4, 0.5) is 0 Å². The predicted octanol–water partition coefficient (Wildman–Crippen LogP) is 1.51. The number of hydrogen-bond donors (Lipinski definition) is 0. The summed E-state index contributed by atoms with van der Waals surface area (Å²) in [5.41, 5.74) is -0.463. The summed E-state index contributed by atoms with van der Waals surface area (Å²) in [6.07, 6.45) is 0.0378. The zero-order valence-corrected chi connectivity index (χ0v) is 9.75. The molecule has 0 aromatic carbocycles. The minimum atomic E-state index is -0.848. The van der Waals surface area contributed by atoms with Crippen LogP contribution in [0.15, 0.2) is 0 Å². The van der Waals surface area contributed by atoms with Gasteiger partial charge in [-0.25, -0.2) is 4.79 Å². The van der Waals surface area contributed by atoms with Crippen LogP contribution in [0.3, 0.4) is 0 Å². The molecule has 0 radical (unpaired) electrons. The monoisotopic (exact) mass is 214 g/mol. The fourth-order valence-corrected chi connectivity index (χ4v) is 0.916. The quantitative estimate of drug-likeness (QED) is 0.514. The van der Waals surface area contributed by atoms with E-state index in [0.29, 0.717) is 0 Å². The van der Waals surface area contributed by atoms with E-state index in [1.54, 1.807) is 27.7 Å². The summed E-state index contributed by atoms with van der Waals surface area (Å²) < 4.78 is 4.52. The Bertz CT molecular complexity index is 260. The van der Waals surface area contributed by atoms with Crippen LogP contribution in [0.2, 0.25) is 0 Å². The van der Waals surface area contributed by atoms with Crippen molar-refractivity contribution in [2.45, 2.75) is 40.5 Å². The lowest BCUT2D eigenvalue weighted by molar-refractivity contribution is -0.153. The molecule has 0 aliphatic carbocycles. The van der Waals surface area contributed by atoms with Gasteiger partial charge in [-0.2, -0.15) is 0 Å². The average Bonchev–Trinajstić information content (AvgIpc) is 2.12. The van der Waals surface area contributed by atoms with Crippen LogP contribution >= 0.6 is 0 Å². The number of Topliss-reactive ketones (excluding diaryl/α,β-unsaturated/α-hetero) is 2. The highest BCUT2D eigenvalue weighted by atomic mass is 16.5. The molecule has 0 aliphatic rings. The Labute approximate surface area is 90.0 Å². The first-order valence-corrected chi connectivity index (χ1v) is 5.02. The Hall–Kier alpha value is -1.19. The number of esters is 1. The van der Waals surface area contributed by atoms with E-state index < -0.39 is 17.2 Å². The van der Waals surface area contributed by atoms with Crippen molar-refractivity contribution in [3.8, 4) is 0 Å². The molecule has 0 aromatic heterocycles. The number of rotatable bonds is 5. The van der Waals surface area contributed by atoms with Gasteiger partial charge >= 0.3 is 5.97 Å². The lowest BCUT2D eigenvalue weighted by Gasteiger charge is -2.15. The second-order valence-corrected chi connectivity index (χ2v) is 4.32. The molecule has 0 bridgehead atoms. The molecule has 0 fully saturated rings. The molecule has 0 saturated heterocycles. The molecule has 4 nitrogen and oxygen atoms in total. The van der Waals surface area contributed by atoms with E-state index in [9.17, 15) is 14.4 Å². The van der Waals surface area contributed by atoms with Crippen LogP contribution < -0.4 is 0 Å². The standard InChI is InChI=1S/C11H18O4/c1-5-15-10(14)8(12)6-7-9(13)11(2,3)4/h5-7H2,1-4H3. The SMILES string of the molecule is CCOC(=O)C(=O)CCC(=O)C(C)(C)C. The van der Waals surface area contributed by atoms with Crippen molar-refractivity contribution >= 4 is 17.5 Å². The van der Waals surface area contributed by atoms with E-state index in [1.807, 2.05) is 0 Å². The highest BCUT2D eigenvalue weighted by Gasteiger charge is 2.23. The molecule has 0 rings (SSSR count). The van der Waals surface area contributed by atoms with E-state index in [1.165, 1.54) is 0 Å². The highest BCUT2D eigenvalue weighted by Crippen LogP contribution is 2.17. The van der Waals surface area contributed by atoms with Gasteiger partial charge in [-0.05, 0) is 6.92 Å². The van der Waals surface area contributed by atoms with Crippen LogP contribution in [0.1, 0.15) is 40.5 Å². The second kappa shape index (κ2) is 5.63. The topological polar surface area (TPSA) is 60.4 Å². The van der Waals surface area contributed by atoms with E-state index in [-0.39, 0.29) is 25.2 Å². The molecule has 0 heterocycles. The maximum atomic E-state index is 11.4. The third kappa shape index (κ3) is 5.30. The molecule has 15 heavy (non-hydrogen) atoms. The van der Waals surface area contributed by atoms with E-state index >= 15 is 0 Å².